The second-order valence-electron chi connectivity index (χ2n) is 29.5. The van der Waals surface area contributed by atoms with Gasteiger partial charge in [0, 0.05) is 43.7 Å². The van der Waals surface area contributed by atoms with Gasteiger partial charge in [-0.15, -0.1) is 0 Å². The molecule has 4 aliphatic heterocycles. The molecule has 12 rings (SSSR count). The van der Waals surface area contributed by atoms with Crippen LogP contribution in [0.3, 0.4) is 0 Å². The fourth-order valence-electron chi connectivity index (χ4n) is 18.6. The third kappa shape index (κ3) is 9.53. The average Bonchev–Trinajstić information content (AvgIpc) is 3.88. The maximum absolute atomic E-state index is 11.7. The van der Waals surface area contributed by atoms with E-state index in [1.54, 1.807) is 0 Å². The molecule has 8 aliphatic carbocycles. The van der Waals surface area contributed by atoms with Crippen molar-refractivity contribution >= 4 is 34.0 Å². The molecule has 0 aromatic rings. The van der Waals surface area contributed by atoms with Gasteiger partial charge in [-0.25, -0.2) is 0 Å². The Morgan fingerprint density at radius 3 is 1.49 bits per heavy atom. The van der Waals surface area contributed by atoms with E-state index in [1.807, 2.05) is 0 Å². The molecular formula is C58H106AlLiO9Si2. The van der Waals surface area contributed by atoms with Crippen molar-refractivity contribution in [1.29, 1.82) is 0 Å². The SMILES string of the molecule is C1CCOC1.CC(C)(C)[Si](C)(C)O[C@@H]1CC[C@]2(C)C3C(CC[C@@H]2C1)C1CCC2(OCCO2)[C@@]1(C)C[C@H]3O.CC(C)(C)[Si](C)(C)O[C@@H]1CC[C@]2(C)C3C(CC[C@@H]2C1)C1CCC2(OCCO2)[C@@]1(C)[C@H]1OC31.[AlH3].[H-].[Li+]. The van der Waals surface area contributed by atoms with E-state index in [9.17, 15) is 5.11 Å². The summed E-state index contributed by atoms with van der Waals surface area (Å²) < 4.78 is 50.7. The maximum Gasteiger partial charge on any atom is 1.00 e. The van der Waals surface area contributed by atoms with Crippen molar-refractivity contribution in [2.24, 2.45) is 69.0 Å². The summed E-state index contributed by atoms with van der Waals surface area (Å²) in [6.45, 7) is 38.7. The maximum atomic E-state index is 11.7. The number of hydrogen-bond acceptors (Lipinski definition) is 9. The van der Waals surface area contributed by atoms with Gasteiger partial charge in [-0.05, 0) is 191 Å². The van der Waals surface area contributed by atoms with Crippen molar-refractivity contribution in [3.05, 3.63) is 0 Å². The Labute approximate surface area is 459 Å². The van der Waals surface area contributed by atoms with Crippen LogP contribution in [0.25, 0.3) is 0 Å². The molecule has 0 aromatic heterocycles. The second kappa shape index (κ2) is 20.4. The first-order chi connectivity index (χ1) is 32.3. The van der Waals surface area contributed by atoms with Crippen LogP contribution in [0.4, 0.5) is 0 Å². The van der Waals surface area contributed by atoms with Crippen molar-refractivity contribution in [3.63, 3.8) is 0 Å². The molecule has 13 heteroatoms. The van der Waals surface area contributed by atoms with Crippen molar-refractivity contribution in [2.45, 2.75) is 257 Å². The van der Waals surface area contributed by atoms with Crippen LogP contribution in [0.2, 0.25) is 36.3 Å². The molecule has 404 valence electrons. The Morgan fingerprint density at radius 1 is 0.563 bits per heavy atom. The third-order valence-electron chi connectivity index (χ3n) is 24.4. The molecule has 1 N–H and O–H groups in total. The van der Waals surface area contributed by atoms with Gasteiger partial charge in [-0.1, -0.05) is 69.2 Å². The van der Waals surface area contributed by atoms with Crippen LogP contribution < -0.4 is 18.9 Å². The fraction of sp³-hybridized carbons (Fsp3) is 1.00. The second-order valence-corrected chi connectivity index (χ2v) is 39.0. The molecule has 7 unspecified atom stereocenters. The molecule has 12 fully saturated rings. The van der Waals surface area contributed by atoms with Gasteiger partial charge in [0.15, 0.2) is 45.6 Å². The van der Waals surface area contributed by atoms with Crippen molar-refractivity contribution in [3.8, 4) is 0 Å². The summed E-state index contributed by atoms with van der Waals surface area (Å²) in [6.07, 6.45) is 22.0. The van der Waals surface area contributed by atoms with E-state index in [0.717, 1.165) is 69.9 Å². The minimum Gasteiger partial charge on any atom is -1.00 e. The van der Waals surface area contributed by atoms with E-state index in [0.29, 0.717) is 72.6 Å². The molecule has 2 spiro atoms. The molecular weight excluding hydrogens is 931 g/mol. The smallest absolute Gasteiger partial charge is 1.00 e. The molecule has 0 bridgehead atoms. The number of fused-ring (bicyclic) bond motifs is 15. The molecule has 4 heterocycles. The van der Waals surface area contributed by atoms with E-state index in [-0.39, 0.29) is 75.9 Å². The predicted octanol–water partition coefficient (Wildman–Crippen LogP) is 9.01. The molecule has 71 heavy (non-hydrogen) atoms. The Bertz CT molecular complexity index is 1780. The number of aliphatic hydroxyl groups is 1. The summed E-state index contributed by atoms with van der Waals surface area (Å²) in [5.41, 5.74) is 0.644. The number of rotatable bonds is 4. The minimum atomic E-state index is -1.74. The van der Waals surface area contributed by atoms with E-state index >= 15 is 0 Å². The molecule has 0 aromatic carbocycles. The monoisotopic (exact) mass is 1040 g/mol. The van der Waals surface area contributed by atoms with Gasteiger partial charge in [-0.2, -0.15) is 0 Å². The molecule has 4 saturated heterocycles. The number of epoxide rings is 1. The molecule has 8 saturated carbocycles. The van der Waals surface area contributed by atoms with Crippen LogP contribution >= 0.6 is 0 Å². The Kier molecular flexibility index (Phi) is 16.8. The first-order valence-corrected chi connectivity index (χ1v) is 34.9. The summed E-state index contributed by atoms with van der Waals surface area (Å²) in [5.74, 6) is 4.49. The molecule has 0 amide bonds. The quantitative estimate of drug-likeness (QED) is 0.219. The van der Waals surface area contributed by atoms with Gasteiger partial charge >= 0.3 is 18.9 Å². The number of ether oxygens (including phenoxy) is 6. The third-order valence-corrected chi connectivity index (χ3v) is 33.5. The van der Waals surface area contributed by atoms with Crippen molar-refractivity contribution < 1.29 is 62.7 Å². The average molecular weight is 1040 g/mol. The summed E-state index contributed by atoms with van der Waals surface area (Å²) in [5, 5.41) is 12.2. The van der Waals surface area contributed by atoms with E-state index < -0.39 is 22.4 Å². The molecule has 0 radical (unpaired) electrons. The zero-order valence-electron chi connectivity index (χ0n) is 48.5. The van der Waals surface area contributed by atoms with Gasteiger partial charge in [0.05, 0.1) is 50.2 Å². The molecule has 17 atom stereocenters. The van der Waals surface area contributed by atoms with Crippen LogP contribution in [0.15, 0.2) is 0 Å². The van der Waals surface area contributed by atoms with Gasteiger partial charge in [0.25, 0.3) is 0 Å². The van der Waals surface area contributed by atoms with Gasteiger partial charge in [-0.3, -0.25) is 0 Å². The summed E-state index contributed by atoms with van der Waals surface area (Å²) in [4.78, 5) is 0. The first kappa shape index (κ1) is 58.4. The van der Waals surface area contributed by atoms with Crippen LogP contribution in [0, 0.1) is 69.0 Å². The Hall–Kier alpha value is 1.20. The van der Waals surface area contributed by atoms with E-state index in [2.05, 4.69) is 95.4 Å². The zero-order chi connectivity index (χ0) is 49.4. The Balaban J connectivity index is 0.000000185. The standard InChI is InChI=1S/C27H46O4Si.C27H48O4Si.C4H8O.Al.Li.4H/c1-24(2,3)32(6,7)31-18-10-12-25(4)17(16-18)8-9-19-20-11-13-27(28-14-15-29-27)26(20,5)23-22(30-23)21(19)25;1-24(2,3)32(6,7)31-19-10-12-25(4)18(16-19)8-9-20-21-11-13-27(29-14-15-30-27)26(21,5)17-22(28)23(20)25;1-2-4-5-3-1;;;;;;/h17-23H,8-16H2,1-7H3;18-23,28H,8-17H2,1-7H3;1-4H2;;;;;;/q;;;;+1;;;;-1/t17-,18-,19?,20?,21?,22?,23+,25+,26-;18-,19-,20?,21?,22-,23?,25+,26+;;;;;;;/m11......./s1. The van der Waals surface area contributed by atoms with Gasteiger partial charge in [0.2, 0.25) is 0 Å². The Morgan fingerprint density at radius 2 is 1.01 bits per heavy atom. The molecule has 9 nitrogen and oxygen atoms in total. The zero-order valence-corrected chi connectivity index (χ0v) is 49.5. The fourth-order valence-corrected chi connectivity index (χ4v) is 21.4. The van der Waals surface area contributed by atoms with Crippen LogP contribution in [-0.4, -0.2) is 121 Å². The van der Waals surface area contributed by atoms with Crippen LogP contribution in [0.5, 0.6) is 0 Å². The van der Waals surface area contributed by atoms with Gasteiger partial charge in [0.1, 0.15) is 0 Å². The first-order valence-electron chi connectivity index (χ1n) is 29.1. The topological polar surface area (TPSA) is 97.4 Å². The van der Waals surface area contributed by atoms with E-state index in [1.165, 1.54) is 83.5 Å². The predicted molar refractivity (Wildman–Crippen MR) is 289 cm³/mol. The van der Waals surface area contributed by atoms with Gasteiger partial charge < -0.3 is 43.8 Å². The van der Waals surface area contributed by atoms with Crippen molar-refractivity contribution in [1.82, 2.24) is 0 Å². The summed E-state index contributed by atoms with van der Waals surface area (Å²) in [7, 11) is -3.46. The van der Waals surface area contributed by atoms with Crippen LogP contribution in [0.1, 0.15) is 180 Å². The van der Waals surface area contributed by atoms with Crippen molar-refractivity contribution in [2.75, 3.05) is 39.6 Å². The normalized spacial score (nSPS) is 46.8. The molecule has 12 aliphatic rings. The van der Waals surface area contributed by atoms with E-state index in [4.69, 9.17) is 37.3 Å². The largest absolute Gasteiger partial charge is 1.00 e. The van der Waals surface area contributed by atoms with Crippen LogP contribution in [-0.2, 0) is 37.3 Å². The summed E-state index contributed by atoms with van der Waals surface area (Å²) in [6, 6.07) is 0. The number of hydrogen-bond donors (Lipinski definition) is 1. The summed E-state index contributed by atoms with van der Waals surface area (Å²) >= 11 is 0. The number of aliphatic hydroxyl groups excluding tert-OH is 1. The minimum absolute atomic E-state index is 0.